The van der Waals surface area contributed by atoms with E-state index in [4.69, 9.17) is 17.0 Å². The molecule has 1 aliphatic heterocycles. The van der Waals surface area contributed by atoms with E-state index in [9.17, 15) is 9.90 Å². The largest absolute Gasteiger partial charge is 0.391 e. The molecule has 0 unspecified atom stereocenters. The van der Waals surface area contributed by atoms with Gasteiger partial charge in [-0.15, -0.1) is 23.1 Å². The van der Waals surface area contributed by atoms with E-state index >= 15 is 0 Å². The number of hydrogen-bond donors (Lipinski definition) is 3. The zero-order valence-electron chi connectivity index (χ0n) is 12.6. The molecule has 0 bridgehead atoms. The van der Waals surface area contributed by atoms with Crippen LogP contribution in [0.3, 0.4) is 0 Å². The van der Waals surface area contributed by atoms with Crippen molar-refractivity contribution >= 4 is 52.0 Å². The van der Waals surface area contributed by atoms with E-state index < -0.39 is 0 Å². The summed E-state index contributed by atoms with van der Waals surface area (Å²) in [6, 6.07) is 8.73. The van der Waals surface area contributed by atoms with Crippen molar-refractivity contribution < 1.29 is 9.90 Å². The first-order valence-corrected chi connectivity index (χ1v) is 9.47. The van der Waals surface area contributed by atoms with Crippen molar-refractivity contribution in [2.75, 3.05) is 11.1 Å². The van der Waals surface area contributed by atoms with E-state index in [1.165, 1.54) is 17.4 Å². The van der Waals surface area contributed by atoms with Crippen LogP contribution < -0.4 is 5.32 Å². The molecule has 0 spiro atoms. The summed E-state index contributed by atoms with van der Waals surface area (Å²) < 4.78 is 1.03. The van der Waals surface area contributed by atoms with Crippen molar-refractivity contribution in [2.24, 2.45) is 0 Å². The quantitative estimate of drug-likeness (QED) is 0.696. The number of thioether (sulfide) groups is 1. The number of fused-ring (bicyclic) bond motifs is 1. The van der Waals surface area contributed by atoms with Gasteiger partial charge in [-0.25, -0.2) is 0 Å². The van der Waals surface area contributed by atoms with Crippen LogP contribution in [0.15, 0.2) is 46.2 Å². The zero-order chi connectivity index (χ0) is 17.1. The van der Waals surface area contributed by atoms with Crippen LogP contribution in [-0.4, -0.2) is 22.5 Å². The number of hydrogen-bond acceptors (Lipinski definition) is 5. The second-order valence-electron chi connectivity index (χ2n) is 5.21. The molecule has 0 saturated carbocycles. The van der Waals surface area contributed by atoms with Gasteiger partial charge in [0, 0.05) is 33.0 Å². The molecule has 2 aromatic rings. The first kappa shape index (κ1) is 17.2. The van der Waals surface area contributed by atoms with E-state index in [2.05, 4.69) is 5.32 Å². The van der Waals surface area contributed by atoms with E-state index in [1.54, 1.807) is 36.0 Å². The summed E-state index contributed by atoms with van der Waals surface area (Å²) in [5.74, 6) is 0.545. The molecule has 4 nitrogen and oxygen atoms in total. The molecule has 0 fully saturated rings. The fourth-order valence-electron chi connectivity index (χ4n) is 2.35. The van der Waals surface area contributed by atoms with E-state index in [1.807, 2.05) is 6.07 Å². The molecule has 1 aromatic carbocycles. The third-order valence-electron chi connectivity index (χ3n) is 3.52. The number of thiophene rings is 1. The summed E-state index contributed by atoms with van der Waals surface area (Å²) in [6.07, 6.45) is 2.15. The lowest BCUT2D eigenvalue weighted by atomic mass is 10.0. The van der Waals surface area contributed by atoms with Crippen molar-refractivity contribution in [3.05, 3.63) is 57.4 Å². The minimum Gasteiger partial charge on any atom is -0.391 e. The molecule has 0 atom stereocenters. The van der Waals surface area contributed by atoms with Gasteiger partial charge in [0.05, 0.1) is 16.5 Å². The maximum atomic E-state index is 12.2. The third-order valence-corrected chi connectivity index (χ3v) is 6.18. The maximum absolute atomic E-state index is 12.2. The number of aliphatic hydroxyl groups is 1. The normalized spacial score (nSPS) is 15.9. The van der Waals surface area contributed by atoms with Crippen LogP contribution in [-0.2, 0) is 11.4 Å². The Morgan fingerprint density at radius 1 is 1.38 bits per heavy atom. The number of rotatable bonds is 3. The van der Waals surface area contributed by atoms with Gasteiger partial charge in [-0.2, -0.15) is 0 Å². The maximum Gasteiger partial charge on any atom is 0.248 e. The van der Waals surface area contributed by atoms with Crippen LogP contribution in [0, 0.1) is 5.41 Å². The second-order valence-corrected chi connectivity index (χ2v) is 8.15. The van der Waals surface area contributed by atoms with Crippen molar-refractivity contribution in [3.8, 4) is 0 Å². The van der Waals surface area contributed by atoms with Gasteiger partial charge >= 0.3 is 0 Å². The number of anilines is 1. The van der Waals surface area contributed by atoms with Crippen molar-refractivity contribution in [1.82, 2.24) is 0 Å². The molecular formula is C17H15ClN2O2S2. The fraction of sp³-hybridized carbons (Fsp3) is 0.176. The molecule has 0 radical (unpaired) electrons. The van der Waals surface area contributed by atoms with E-state index in [0.717, 1.165) is 20.4 Å². The lowest BCUT2D eigenvalue weighted by Crippen LogP contribution is -2.12. The van der Waals surface area contributed by atoms with Gasteiger partial charge in [-0.3, -0.25) is 10.2 Å². The first-order valence-electron chi connectivity index (χ1n) is 7.29. The molecule has 0 aliphatic carbocycles. The summed E-state index contributed by atoms with van der Waals surface area (Å²) >= 11 is 9.01. The Hall–Kier alpha value is -1.60. The van der Waals surface area contributed by atoms with Crippen LogP contribution >= 0.6 is 34.7 Å². The number of amides is 1. The highest BCUT2D eigenvalue weighted by atomic mass is 35.5. The van der Waals surface area contributed by atoms with Gasteiger partial charge in [0.15, 0.2) is 0 Å². The predicted molar refractivity (Wildman–Crippen MR) is 101 cm³/mol. The Morgan fingerprint density at radius 2 is 2.12 bits per heavy atom. The van der Waals surface area contributed by atoms with Crippen LogP contribution in [0.5, 0.6) is 0 Å². The first-order chi connectivity index (χ1) is 11.6. The van der Waals surface area contributed by atoms with Gasteiger partial charge in [-0.05, 0) is 42.3 Å². The third kappa shape index (κ3) is 3.89. The molecule has 7 heteroatoms. The average molecular weight is 379 g/mol. The Kier molecular flexibility index (Phi) is 5.40. The summed E-state index contributed by atoms with van der Waals surface area (Å²) in [7, 11) is 0. The van der Waals surface area contributed by atoms with Crippen molar-refractivity contribution in [3.63, 3.8) is 0 Å². The molecule has 0 saturated heterocycles. The molecular weight excluding hydrogens is 364 g/mol. The lowest BCUT2D eigenvalue weighted by molar-refractivity contribution is -0.111. The highest BCUT2D eigenvalue weighted by Crippen LogP contribution is 2.37. The highest BCUT2D eigenvalue weighted by molar-refractivity contribution is 8.01. The van der Waals surface area contributed by atoms with Crippen LogP contribution in [0.1, 0.15) is 16.9 Å². The monoisotopic (exact) mass is 378 g/mol. The Balaban J connectivity index is 1.79. The molecule has 3 rings (SSSR count). The summed E-state index contributed by atoms with van der Waals surface area (Å²) in [4.78, 5) is 13.1. The second kappa shape index (κ2) is 7.53. The molecule has 24 heavy (non-hydrogen) atoms. The number of aliphatic hydroxyl groups excluding tert-OH is 1. The Bertz CT molecular complexity index is 812. The van der Waals surface area contributed by atoms with E-state index in [-0.39, 0.29) is 12.5 Å². The van der Waals surface area contributed by atoms with Gasteiger partial charge in [0.1, 0.15) is 0 Å². The topological polar surface area (TPSA) is 73.2 Å². The summed E-state index contributed by atoms with van der Waals surface area (Å²) in [5, 5.41) is 21.1. The van der Waals surface area contributed by atoms with Crippen LogP contribution in [0.25, 0.3) is 0 Å². The molecule has 124 valence electrons. The number of allylic oxidation sites excluding steroid dienone is 1. The molecule has 2 heterocycles. The van der Waals surface area contributed by atoms with Crippen molar-refractivity contribution in [1.29, 1.82) is 5.41 Å². The number of nitrogens with one attached hydrogen (secondary N) is 2. The Labute approximate surface area is 153 Å². The highest BCUT2D eigenvalue weighted by Gasteiger charge is 2.21. The van der Waals surface area contributed by atoms with Crippen LogP contribution in [0.4, 0.5) is 5.69 Å². The smallest absolute Gasteiger partial charge is 0.248 e. The number of carbonyl (C=O) groups is 1. The standard InChI is InChI=1S/C17H15ClN2O2S2/c18-11-1-3-12(4-2-11)20-15(22)7-10-5-6-23-17-14(16(10)19)8-13(9-21)24-17/h1-4,7-8,19,21H,5-6,9H2,(H,20,22)/b10-7-,19-16?. The molecule has 1 aliphatic rings. The fourth-order valence-corrected chi connectivity index (χ4v) is 4.86. The van der Waals surface area contributed by atoms with Gasteiger partial charge in [-0.1, -0.05) is 11.6 Å². The number of carbonyl (C=O) groups excluding carboxylic acids is 1. The predicted octanol–water partition coefficient (Wildman–Crippen LogP) is 4.32. The van der Waals surface area contributed by atoms with Gasteiger partial charge in [0.2, 0.25) is 5.91 Å². The average Bonchev–Trinajstić information content (AvgIpc) is 2.93. The number of benzene rings is 1. The van der Waals surface area contributed by atoms with Gasteiger partial charge in [0.25, 0.3) is 0 Å². The lowest BCUT2D eigenvalue weighted by Gasteiger charge is -2.06. The van der Waals surface area contributed by atoms with Gasteiger partial charge < -0.3 is 10.4 Å². The number of halogens is 1. The molecule has 1 amide bonds. The SMILES string of the molecule is N=C1/C(=C\C(=O)Nc2ccc(Cl)cc2)CCSc2sc(CO)cc21. The zero-order valence-corrected chi connectivity index (χ0v) is 15.0. The summed E-state index contributed by atoms with van der Waals surface area (Å²) in [6.45, 7) is -0.0262. The van der Waals surface area contributed by atoms with Crippen molar-refractivity contribution in [2.45, 2.75) is 17.2 Å². The minimum atomic E-state index is -0.261. The van der Waals surface area contributed by atoms with Crippen LogP contribution in [0.2, 0.25) is 5.02 Å². The molecule has 3 N–H and O–H groups in total. The minimum absolute atomic E-state index is 0.0262. The summed E-state index contributed by atoms with van der Waals surface area (Å²) in [5.41, 5.74) is 2.53. The molecule has 1 aromatic heterocycles. The van der Waals surface area contributed by atoms with E-state index in [0.29, 0.717) is 28.4 Å². The Morgan fingerprint density at radius 3 is 2.83 bits per heavy atom.